The van der Waals surface area contributed by atoms with E-state index >= 15 is 0 Å². The number of carboxylic acid groups (broad SMARTS) is 1. The number of carbonyl (C=O) groups excluding carboxylic acids is 1. The second kappa shape index (κ2) is 6.52. The molecule has 0 aliphatic heterocycles. The monoisotopic (exact) mass is 277 g/mol. The van der Waals surface area contributed by atoms with Crippen molar-refractivity contribution >= 4 is 11.9 Å². The maximum atomic E-state index is 12.0. The molecule has 0 unspecified atom stereocenters. The molecule has 108 valence electrons. The maximum absolute atomic E-state index is 12.0. The van der Waals surface area contributed by atoms with Crippen molar-refractivity contribution in [1.82, 2.24) is 5.32 Å². The highest BCUT2D eigenvalue weighted by Crippen LogP contribution is 2.18. The molecule has 20 heavy (non-hydrogen) atoms. The number of nitrogens with one attached hydrogen (secondary N) is 1. The highest BCUT2D eigenvalue weighted by Gasteiger charge is 2.24. The number of hydrogen-bond acceptors (Lipinski definition) is 3. The van der Waals surface area contributed by atoms with Crippen LogP contribution in [0.25, 0.3) is 0 Å². The van der Waals surface area contributed by atoms with Gasteiger partial charge >= 0.3 is 5.97 Å². The van der Waals surface area contributed by atoms with Gasteiger partial charge in [-0.2, -0.15) is 0 Å². The predicted molar refractivity (Wildman–Crippen MR) is 73.5 cm³/mol. The van der Waals surface area contributed by atoms with Gasteiger partial charge in [0.2, 0.25) is 5.91 Å². The van der Waals surface area contributed by atoms with Crippen molar-refractivity contribution < 1.29 is 19.8 Å². The van der Waals surface area contributed by atoms with E-state index in [2.05, 4.69) is 5.32 Å². The minimum Gasteiger partial charge on any atom is -0.478 e. The number of benzene rings is 1. The lowest BCUT2D eigenvalue weighted by Gasteiger charge is -2.28. The first kappa shape index (κ1) is 14.5. The molecule has 0 bridgehead atoms. The Balaban J connectivity index is 1.99. The fourth-order valence-electron chi connectivity index (χ4n) is 2.59. The molecule has 1 fully saturated rings. The zero-order chi connectivity index (χ0) is 14.5. The summed E-state index contributed by atoms with van der Waals surface area (Å²) in [4.78, 5) is 23.1. The molecule has 1 amide bonds. The van der Waals surface area contributed by atoms with Crippen LogP contribution in [0.1, 0.15) is 41.6 Å². The van der Waals surface area contributed by atoms with Crippen molar-refractivity contribution in [1.29, 1.82) is 0 Å². The van der Waals surface area contributed by atoms with Crippen LogP contribution in [0.5, 0.6) is 0 Å². The first-order valence-electron chi connectivity index (χ1n) is 6.86. The molecular formula is C15H19NO4. The van der Waals surface area contributed by atoms with Gasteiger partial charge in [-0.15, -0.1) is 0 Å². The summed E-state index contributed by atoms with van der Waals surface area (Å²) in [7, 11) is 0. The minimum absolute atomic E-state index is 0.0195. The Bertz CT molecular complexity index is 500. The normalized spacial score (nSPS) is 22.2. The molecule has 2 rings (SSSR count). The molecule has 1 aromatic carbocycles. The number of rotatable bonds is 4. The molecule has 0 radical (unpaired) electrons. The van der Waals surface area contributed by atoms with E-state index in [4.69, 9.17) is 5.11 Å². The van der Waals surface area contributed by atoms with Crippen LogP contribution in [0.4, 0.5) is 0 Å². The van der Waals surface area contributed by atoms with Crippen LogP contribution in [-0.2, 0) is 11.2 Å². The second-order valence-corrected chi connectivity index (χ2v) is 5.16. The highest BCUT2D eigenvalue weighted by atomic mass is 16.4. The predicted octanol–water partition coefficient (Wildman–Crippen LogP) is 1.35. The summed E-state index contributed by atoms with van der Waals surface area (Å²) in [5.74, 6) is -1.28. The van der Waals surface area contributed by atoms with Crippen LogP contribution in [0.3, 0.4) is 0 Å². The Labute approximate surface area is 117 Å². The fraction of sp³-hybridized carbons (Fsp3) is 0.467. The highest BCUT2D eigenvalue weighted by molar-refractivity contribution is 5.91. The molecule has 1 saturated carbocycles. The molecule has 1 aromatic rings. The molecule has 1 aliphatic carbocycles. The van der Waals surface area contributed by atoms with Gasteiger partial charge in [-0.3, -0.25) is 4.79 Å². The molecule has 0 spiro atoms. The van der Waals surface area contributed by atoms with Crippen molar-refractivity contribution in [2.75, 3.05) is 0 Å². The molecule has 1 aliphatic rings. The number of aliphatic hydroxyl groups is 1. The van der Waals surface area contributed by atoms with Crippen LogP contribution in [0, 0.1) is 0 Å². The summed E-state index contributed by atoms with van der Waals surface area (Å²) in [5.41, 5.74) is 0.634. The van der Waals surface area contributed by atoms with Crippen molar-refractivity contribution in [3.05, 3.63) is 35.4 Å². The molecule has 0 saturated heterocycles. The average Bonchev–Trinajstić information content (AvgIpc) is 2.41. The Morgan fingerprint density at radius 2 is 1.90 bits per heavy atom. The van der Waals surface area contributed by atoms with E-state index in [9.17, 15) is 14.7 Å². The molecule has 0 heterocycles. The van der Waals surface area contributed by atoms with Crippen LogP contribution in [-0.4, -0.2) is 34.2 Å². The number of carboxylic acids is 1. The number of aliphatic hydroxyl groups excluding tert-OH is 1. The zero-order valence-corrected chi connectivity index (χ0v) is 11.2. The molecular weight excluding hydrogens is 258 g/mol. The van der Waals surface area contributed by atoms with Gasteiger partial charge < -0.3 is 15.5 Å². The number of aromatic carboxylic acids is 1. The van der Waals surface area contributed by atoms with E-state index in [0.717, 1.165) is 19.3 Å². The van der Waals surface area contributed by atoms with Gasteiger partial charge in [0.05, 0.1) is 24.1 Å². The molecule has 5 nitrogen and oxygen atoms in total. The lowest BCUT2D eigenvalue weighted by atomic mass is 9.92. The maximum Gasteiger partial charge on any atom is 0.335 e. The van der Waals surface area contributed by atoms with Crippen LogP contribution in [0.15, 0.2) is 24.3 Å². The topological polar surface area (TPSA) is 86.6 Å². The lowest BCUT2D eigenvalue weighted by molar-refractivity contribution is -0.122. The van der Waals surface area contributed by atoms with Crippen molar-refractivity contribution in [3.63, 3.8) is 0 Å². The summed E-state index contributed by atoms with van der Waals surface area (Å²) >= 11 is 0. The Morgan fingerprint density at radius 1 is 1.20 bits per heavy atom. The summed E-state index contributed by atoms with van der Waals surface area (Å²) in [6.07, 6.45) is 2.97. The van der Waals surface area contributed by atoms with Crippen LogP contribution >= 0.6 is 0 Å². The third-order valence-electron chi connectivity index (χ3n) is 3.67. The van der Waals surface area contributed by atoms with E-state index in [0.29, 0.717) is 12.0 Å². The average molecular weight is 277 g/mol. The van der Waals surface area contributed by atoms with Gasteiger partial charge in [0.25, 0.3) is 0 Å². The van der Waals surface area contributed by atoms with E-state index in [1.54, 1.807) is 18.2 Å². The van der Waals surface area contributed by atoms with E-state index in [1.165, 1.54) is 6.07 Å². The molecule has 0 aromatic heterocycles. The summed E-state index contributed by atoms with van der Waals surface area (Å²) < 4.78 is 0. The SMILES string of the molecule is O=C(Cc1ccccc1C(=O)O)N[C@@H]1CCCC[C@H]1O. The van der Waals surface area contributed by atoms with E-state index < -0.39 is 12.1 Å². The van der Waals surface area contributed by atoms with Gasteiger partial charge in [0.15, 0.2) is 0 Å². The molecule has 2 atom stereocenters. The Morgan fingerprint density at radius 3 is 2.60 bits per heavy atom. The van der Waals surface area contributed by atoms with Gasteiger partial charge in [-0.25, -0.2) is 4.79 Å². The van der Waals surface area contributed by atoms with Gasteiger partial charge in [0.1, 0.15) is 0 Å². The first-order chi connectivity index (χ1) is 9.58. The van der Waals surface area contributed by atoms with E-state index in [-0.39, 0.29) is 23.9 Å². The summed E-state index contributed by atoms with van der Waals surface area (Å²) in [6.45, 7) is 0. The smallest absolute Gasteiger partial charge is 0.335 e. The Hall–Kier alpha value is -1.88. The Kier molecular flexibility index (Phi) is 4.74. The molecule has 3 N–H and O–H groups in total. The number of carbonyl (C=O) groups is 2. The van der Waals surface area contributed by atoms with Crippen molar-refractivity contribution in [2.24, 2.45) is 0 Å². The second-order valence-electron chi connectivity index (χ2n) is 5.16. The first-order valence-corrected chi connectivity index (χ1v) is 6.86. The minimum atomic E-state index is -1.04. The van der Waals surface area contributed by atoms with Crippen molar-refractivity contribution in [3.8, 4) is 0 Å². The van der Waals surface area contributed by atoms with Gasteiger partial charge in [0, 0.05) is 0 Å². The van der Waals surface area contributed by atoms with E-state index in [1.807, 2.05) is 0 Å². The van der Waals surface area contributed by atoms with Crippen LogP contribution in [0.2, 0.25) is 0 Å². The largest absolute Gasteiger partial charge is 0.478 e. The number of hydrogen-bond donors (Lipinski definition) is 3. The standard InChI is InChI=1S/C15H19NO4/c17-13-8-4-3-7-12(13)16-14(18)9-10-5-1-2-6-11(10)15(19)20/h1-2,5-6,12-13,17H,3-4,7-9H2,(H,16,18)(H,19,20)/t12-,13-/m1/s1. The third kappa shape index (κ3) is 3.57. The van der Waals surface area contributed by atoms with Crippen LogP contribution < -0.4 is 5.32 Å². The molecule has 5 heteroatoms. The van der Waals surface area contributed by atoms with Crippen molar-refractivity contribution in [2.45, 2.75) is 44.2 Å². The van der Waals surface area contributed by atoms with Gasteiger partial charge in [-0.1, -0.05) is 31.0 Å². The van der Waals surface area contributed by atoms with Gasteiger partial charge in [-0.05, 0) is 24.5 Å². The lowest BCUT2D eigenvalue weighted by Crippen LogP contribution is -2.45. The third-order valence-corrected chi connectivity index (χ3v) is 3.67. The number of amides is 1. The summed E-state index contributed by atoms with van der Waals surface area (Å²) in [5, 5.41) is 21.7. The quantitative estimate of drug-likeness (QED) is 0.775. The fourth-order valence-corrected chi connectivity index (χ4v) is 2.59. The summed E-state index contributed by atoms with van der Waals surface area (Å²) in [6, 6.07) is 6.26. The zero-order valence-electron chi connectivity index (χ0n) is 11.2.